The van der Waals surface area contributed by atoms with Crippen molar-refractivity contribution in [3.63, 3.8) is 0 Å². The Morgan fingerprint density at radius 1 is 1.45 bits per heavy atom. The van der Waals surface area contributed by atoms with Gasteiger partial charge in [0, 0.05) is 26.5 Å². The molecule has 1 N–H and O–H groups in total. The molecule has 7 nitrogen and oxygen atoms in total. The summed E-state index contributed by atoms with van der Waals surface area (Å²) in [5.41, 5.74) is 0.772. The highest BCUT2D eigenvalue weighted by atomic mass is 16.5. The van der Waals surface area contributed by atoms with Crippen molar-refractivity contribution < 1.29 is 18.4 Å². The number of methoxy groups -OCH3 is 1. The van der Waals surface area contributed by atoms with Crippen LogP contribution in [-0.4, -0.2) is 36.4 Å². The molecular formula is C13H17N3O4. The third kappa shape index (κ3) is 3.67. The van der Waals surface area contributed by atoms with Gasteiger partial charge in [0.15, 0.2) is 0 Å². The Labute approximate surface area is 116 Å². The highest BCUT2D eigenvalue weighted by Crippen LogP contribution is 2.22. The molecule has 0 aromatic carbocycles. The van der Waals surface area contributed by atoms with Crippen LogP contribution in [0.25, 0.3) is 11.5 Å². The van der Waals surface area contributed by atoms with E-state index in [-0.39, 0.29) is 5.91 Å². The minimum absolute atomic E-state index is 0.0682. The zero-order valence-electron chi connectivity index (χ0n) is 11.5. The number of carbonyl (C=O) groups is 1. The van der Waals surface area contributed by atoms with Gasteiger partial charge in [-0.3, -0.25) is 4.79 Å². The average molecular weight is 279 g/mol. The molecule has 1 amide bonds. The molecular weight excluding hydrogens is 262 g/mol. The second kappa shape index (κ2) is 6.85. The average Bonchev–Trinajstić information content (AvgIpc) is 3.05. The maximum absolute atomic E-state index is 11.5. The number of nitrogens with one attached hydrogen (secondary N) is 1. The minimum Gasteiger partial charge on any atom is -0.469 e. The molecule has 0 unspecified atom stereocenters. The van der Waals surface area contributed by atoms with Crippen LogP contribution in [0.1, 0.15) is 18.1 Å². The summed E-state index contributed by atoms with van der Waals surface area (Å²) in [5, 5.41) is 10.6. The molecule has 0 bridgehead atoms. The fourth-order valence-electron chi connectivity index (χ4n) is 1.67. The first-order valence-electron chi connectivity index (χ1n) is 6.33. The van der Waals surface area contributed by atoms with Gasteiger partial charge >= 0.3 is 0 Å². The number of nitrogens with zero attached hydrogens (tertiary/aromatic N) is 2. The Kier molecular flexibility index (Phi) is 4.89. The predicted molar refractivity (Wildman–Crippen MR) is 69.9 cm³/mol. The van der Waals surface area contributed by atoms with Gasteiger partial charge in [0.05, 0.1) is 18.4 Å². The fraction of sp³-hybridized carbons (Fsp3) is 0.462. The van der Waals surface area contributed by atoms with Crippen LogP contribution in [0.4, 0.5) is 0 Å². The predicted octanol–water partition coefficient (Wildman–Crippen LogP) is 1.33. The number of aryl methyl sites for hydroxylation is 2. The van der Waals surface area contributed by atoms with E-state index in [9.17, 15) is 4.79 Å². The van der Waals surface area contributed by atoms with E-state index in [4.69, 9.17) is 13.6 Å². The summed E-state index contributed by atoms with van der Waals surface area (Å²) in [6.07, 6.45) is 2.27. The Bertz CT molecular complexity index is 561. The van der Waals surface area contributed by atoms with Gasteiger partial charge < -0.3 is 18.9 Å². The maximum Gasteiger partial charge on any atom is 0.251 e. The van der Waals surface area contributed by atoms with Crippen molar-refractivity contribution in [2.75, 3.05) is 20.3 Å². The third-order valence-electron chi connectivity index (χ3n) is 2.75. The number of aromatic nitrogens is 2. The molecule has 0 saturated carbocycles. The molecule has 7 heteroatoms. The molecule has 0 spiro atoms. The normalized spacial score (nSPS) is 10.7. The van der Waals surface area contributed by atoms with Gasteiger partial charge in [0.2, 0.25) is 11.8 Å². The summed E-state index contributed by atoms with van der Waals surface area (Å²) in [4.78, 5) is 11.5. The van der Waals surface area contributed by atoms with Gasteiger partial charge in [0.25, 0.3) is 5.89 Å². The molecule has 0 aliphatic carbocycles. The Balaban J connectivity index is 1.84. The van der Waals surface area contributed by atoms with E-state index in [1.54, 1.807) is 19.4 Å². The lowest BCUT2D eigenvalue weighted by molar-refractivity contribution is -0.121. The van der Waals surface area contributed by atoms with E-state index in [1.165, 1.54) is 0 Å². The Morgan fingerprint density at radius 3 is 3.00 bits per heavy atom. The Hall–Kier alpha value is -2.15. The number of carbonyl (C=O) groups excluding carboxylic acids is 1. The van der Waals surface area contributed by atoms with Gasteiger partial charge in [0.1, 0.15) is 5.76 Å². The Morgan fingerprint density at radius 2 is 2.30 bits per heavy atom. The molecule has 0 aliphatic heterocycles. The van der Waals surface area contributed by atoms with Crippen LogP contribution in [0, 0.1) is 6.92 Å². The summed E-state index contributed by atoms with van der Waals surface area (Å²) in [6.45, 7) is 2.82. The molecule has 0 atom stereocenters. The standard InChI is InChI=1S/C13H17N3O4/c1-9-10(5-7-19-9)13-16-15-12(20-13)4-3-11(17)14-6-8-18-2/h5,7H,3-4,6,8H2,1-2H3,(H,14,17). The number of rotatable bonds is 7. The van der Waals surface area contributed by atoms with Crippen molar-refractivity contribution in [3.8, 4) is 11.5 Å². The van der Waals surface area contributed by atoms with Crippen LogP contribution in [-0.2, 0) is 16.0 Å². The molecule has 2 aromatic heterocycles. The summed E-state index contributed by atoms with van der Waals surface area (Å²) < 4.78 is 15.5. The molecule has 108 valence electrons. The molecule has 0 fully saturated rings. The highest BCUT2D eigenvalue weighted by molar-refractivity contribution is 5.75. The van der Waals surface area contributed by atoms with E-state index in [1.807, 2.05) is 6.92 Å². The van der Waals surface area contributed by atoms with Crippen molar-refractivity contribution >= 4 is 5.91 Å². The molecule has 2 aromatic rings. The number of furan rings is 1. The zero-order valence-corrected chi connectivity index (χ0v) is 11.5. The van der Waals surface area contributed by atoms with Crippen molar-refractivity contribution in [3.05, 3.63) is 24.0 Å². The van der Waals surface area contributed by atoms with Gasteiger partial charge in [-0.15, -0.1) is 10.2 Å². The smallest absolute Gasteiger partial charge is 0.251 e. The largest absolute Gasteiger partial charge is 0.469 e. The summed E-state index contributed by atoms with van der Waals surface area (Å²) in [6, 6.07) is 1.77. The van der Waals surface area contributed by atoms with Crippen molar-refractivity contribution in [2.24, 2.45) is 0 Å². The first-order valence-corrected chi connectivity index (χ1v) is 6.33. The highest BCUT2D eigenvalue weighted by Gasteiger charge is 2.13. The first kappa shape index (κ1) is 14.3. The van der Waals surface area contributed by atoms with Crippen LogP contribution in [0.15, 0.2) is 21.2 Å². The van der Waals surface area contributed by atoms with Crippen LogP contribution >= 0.6 is 0 Å². The summed E-state index contributed by atoms with van der Waals surface area (Å²) >= 11 is 0. The van der Waals surface area contributed by atoms with Crippen molar-refractivity contribution in [2.45, 2.75) is 19.8 Å². The van der Waals surface area contributed by atoms with Crippen LogP contribution in [0.5, 0.6) is 0 Å². The molecule has 20 heavy (non-hydrogen) atoms. The second-order valence-electron chi connectivity index (χ2n) is 4.23. The molecule has 2 heterocycles. The maximum atomic E-state index is 11.5. The topological polar surface area (TPSA) is 90.4 Å². The lowest BCUT2D eigenvalue weighted by Gasteiger charge is -2.02. The zero-order chi connectivity index (χ0) is 14.4. The first-order chi connectivity index (χ1) is 9.70. The fourth-order valence-corrected chi connectivity index (χ4v) is 1.67. The minimum atomic E-state index is -0.0682. The SMILES string of the molecule is COCCNC(=O)CCc1nnc(-c2ccoc2C)o1. The monoisotopic (exact) mass is 279 g/mol. The number of ether oxygens (including phenoxy) is 1. The summed E-state index contributed by atoms with van der Waals surface area (Å²) in [7, 11) is 1.59. The van der Waals surface area contributed by atoms with E-state index in [2.05, 4.69) is 15.5 Å². The lowest BCUT2D eigenvalue weighted by Crippen LogP contribution is -2.27. The van der Waals surface area contributed by atoms with Crippen molar-refractivity contribution in [1.29, 1.82) is 0 Å². The lowest BCUT2D eigenvalue weighted by atomic mass is 10.2. The van der Waals surface area contributed by atoms with Crippen LogP contribution in [0.3, 0.4) is 0 Å². The molecule has 2 rings (SSSR count). The van der Waals surface area contributed by atoms with Crippen LogP contribution < -0.4 is 5.32 Å². The molecule has 0 saturated heterocycles. The number of amides is 1. The quantitative estimate of drug-likeness (QED) is 0.769. The second-order valence-corrected chi connectivity index (χ2v) is 4.23. The summed E-state index contributed by atoms with van der Waals surface area (Å²) in [5.74, 6) is 1.49. The van der Waals surface area contributed by atoms with E-state index < -0.39 is 0 Å². The van der Waals surface area contributed by atoms with E-state index in [0.717, 1.165) is 11.3 Å². The molecule has 0 radical (unpaired) electrons. The molecule has 0 aliphatic rings. The van der Waals surface area contributed by atoms with Gasteiger partial charge in [-0.05, 0) is 13.0 Å². The number of hydrogen-bond donors (Lipinski definition) is 1. The van der Waals surface area contributed by atoms with E-state index in [0.29, 0.717) is 37.8 Å². The number of hydrogen-bond acceptors (Lipinski definition) is 6. The third-order valence-corrected chi connectivity index (χ3v) is 2.75. The van der Waals surface area contributed by atoms with Gasteiger partial charge in [-0.25, -0.2) is 0 Å². The van der Waals surface area contributed by atoms with Crippen LogP contribution in [0.2, 0.25) is 0 Å². The van der Waals surface area contributed by atoms with E-state index >= 15 is 0 Å². The van der Waals surface area contributed by atoms with Gasteiger partial charge in [-0.1, -0.05) is 0 Å². The van der Waals surface area contributed by atoms with Crippen molar-refractivity contribution in [1.82, 2.24) is 15.5 Å². The van der Waals surface area contributed by atoms with Gasteiger partial charge in [-0.2, -0.15) is 0 Å².